The van der Waals surface area contributed by atoms with E-state index in [1.807, 2.05) is 24.3 Å². The molecule has 6 heteroatoms. The molecule has 1 unspecified atom stereocenters. The van der Waals surface area contributed by atoms with Gasteiger partial charge in [0.1, 0.15) is 0 Å². The number of benzene rings is 2. The first kappa shape index (κ1) is 17.7. The van der Waals surface area contributed by atoms with Gasteiger partial charge in [-0.2, -0.15) is 0 Å². The molecule has 0 amide bonds. The molecule has 2 rings (SSSR count). The van der Waals surface area contributed by atoms with Crippen LogP contribution in [-0.4, -0.2) is 25.2 Å². The van der Waals surface area contributed by atoms with Crippen LogP contribution < -0.4 is 14.8 Å². The van der Waals surface area contributed by atoms with Crippen LogP contribution in [-0.2, 0) is 13.0 Å². The number of nitro benzene ring substituents is 1. The maximum Gasteiger partial charge on any atom is 0.269 e. The summed E-state index contributed by atoms with van der Waals surface area (Å²) in [6.07, 6.45) is 0.815. The highest BCUT2D eigenvalue weighted by molar-refractivity contribution is 5.43. The highest BCUT2D eigenvalue weighted by Crippen LogP contribution is 2.28. The molecule has 0 aliphatic carbocycles. The van der Waals surface area contributed by atoms with Crippen molar-refractivity contribution >= 4 is 5.69 Å². The van der Waals surface area contributed by atoms with E-state index in [2.05, 4.69) is 12.2 Å². The van der Waals surface area contributed by atoms with Crippen LogP contribution >= 0.6 is 0 Å². The van der Waals surface area contributed by atoms with Crippen molar-refractivity contribution in [1.29, 1.82) is 0 Å². The van der Waals surface area contributed by atoms with E-state index >= 15 is 0 Å². The van der Waals surface area contributed by atoms with Crippen molar-refractivity contribution in [3.8, 4) is 11.5 Å². The Morgan fingerprint density at radius 2 is 1.83 bits per heavy atom. The molecule has 24 heavy (non-hydrogen) atoms. The summed E-state index contributed by atoms with van der Waals surface area (Å²) in [5.74, 6) is 1.42. The van der Waals surface area contributed by atoms with E-state index in [-0.39, 0.29) is 16.7 Å². The molecule has 0 heterocycles. The van der Waals surface area contributed by atoms with E-state index in [9.17, 15) is 10.1 Å². The molecule has 0 fully saturated rings. The van der Waals surface area contributed by atoms with E-state index < -0.39 is 0 Å². The second kappa shape index (κ2) is 8.31. The van der Waals surface area contributed by atoms with Crippen molar-refractivity contribution in [1.82, 2.24) is 5.32 Å². The topological polar surface area (TPSA) is 73.6 Å². The summed E-state index contributed by atoms with van der Waals surface area (Å²) in [7, 11) is 3.23. The van der Waals surface area contributed by atoms with Crippen molar-refractivity contribution < 1.29 is 14.4 Å². The van der Waals surface area contributed by atoms with Gasteiger partial charge in [-0.1, -0.05) is 18.2 Å². The van der Waals surface area contributed by atoms with E-state index in [0.29, 0.717) is 18.0 Å². The predicted octanol–water partition coefficient (Wildman–Crippen LogP) is 3.33. The SMILES string of the molecule is COc1ccc(CC(C)NCc2cccc([N+](=O)[O-])c2)cc1OC. The van der Waals surface area contributed by atoms with Gasteiger partial charge >= 0.3 is 0 Å². The average molecular weight is 330 g/mol. The molecule has 0 saturated carbocycles. The number of nitro groups is 1. The first-order valence-corrected chi connectivity index (χ1v) is 7.71. The maximum absolute atomic E-state index is 10.8. The Hall–Kier alpha value is -2.60. The van der Waals surface area contributed by atoms with Crippen LogP contribution in [0.2, 0.25) is 0 Å². The summed E-state index contributed by atoms with van der Waals surface area (Å²) in [5.41, 5.74) is 2.14. The average Bonchev–Trinajstić information content (AvgIpc) is 2.60. The van der Waals surface area contributed by atoms with Crippen LogP contribution in [0.5, 0.6) is 11.5 Å². The zero-order valence-corrected chi connectivity index (χ0v) is 14.1. The van der Waals surface area contributed by atoms with Crippen LogP contribution in [0.1, 0.15) is 18.1 Å². The van der Waals surface area contributed by atoms with Crippen LogP contribution in [0.25, 0.3) is 0 Å². The van der Waals surface area contributed by atoms with Crippen molar-refractivity contribution in [3.63, 3.8) is 0 Å². The summed E-state index contributed by atoms with van der Waals surface area (Å²) >= 11 is 0. The lowest BCUT2D eigenvalue weighted by Gasteiger charge is -2.15. The Kier molecular flexibility index (Phi) is 6.14. The monoisotopic (exact) mass is 330 g/mol. The summed E-state index contributed by atoms with van der Waals surface area (Å²) in [6, 6.07) is 12.7. The molecular weight excluding hydrogens is 308 g/mol. The normalized spacial score (nSPS) is 11.8. The van der Waals surface area contributed by atoms with E-state index in [0.717, 1.165) is 17.5 Å². The lowest BCUT2D eigenvalue weighted by atomic mass is 10.1. The van der Waals surface area contributed by atoms with Crippen molar-refractivity contribution in [2.24, 2.45) is 0 Å². The molecule has 1 N–H and O–H groups in total. The maximum atomic E-state index is 10.8. The van der Waals surface area contributed by atoms with Gasteiger partial charge < -0.3 is 14.8 Å². The first-order chi connectivity index (χ1) is 11.5. The molecule has 0 saturated heterocycles. The minimum atomic E-state index is -0.378. The van der Waals surface area contributed by atoms with Crippen LogP contribution in [0.4, 0.5) is 5.69 Å². The molecule has 0 aliphatic heterocycles. The highest BCUT2D eigenvalue weighted by atomic mass is 16.6. The second-order valence-corrected chi connectivity index (χ2v) is 5.60. The lowest BCUT2D eigenvalue weighted by Crippen LogP contribution is -2.27. The van der Waals surface area contributed by atoms with E-state index in [1.165, 1.54) is 6.07 Å². The Morgan fingerprint density at radius 3 is 2.50 bits per heavy atom. The van der Waals surface area contributed by atoms with Gasteiger partial charge in [-0.25, -0.2) is 0 Å². The zero-order valence-electron chi connectivity index (χ0n) is 14.1. The molecule has 128 valence electrons. The van der Waals surface area contributed by atoms with Crippen LogP contribution in [0, 0.1) is 10.1 Å². The fraction of sp³-hybridized carbons (Fsp3) is 0.333. The molecule has 0 aliphatic rings. The number of nitrogens with one attached hydrogen (secondary N) is 1. The van der Waals surface area contributed by atoms with Crippen LogP contribution in [0.3, 0.4) is 0 Å². The molecule has 0 aromatic heterocycles. The molecule has 0 bridgehead atoms. The first-order valence-electron chi connectivity index (χ1n) is 7.71. The third-order valence-electron chi connectivity index (χ3n) is 3.77. The third kappa shape index (κ3) is 4.70. The fourth-order valence-electron chi connectivity index (χ4n) is 2.51. The lowest BCUT2D eigenvalue weighted by molar-refractivity contribution is -0.384. The number of non-ortho nitro benzene ring substituents is 1. The third-order valence-corrected chi connectivity index (χ3v) is 3.77. The Morgan fingerprint density at radius 1 is 1.08 bits per heavy atom. The minimum Gasteiger partial charge on any atom is -0.493 e. The van der Waals surface area contributed by atoms with Gasteiger partial charge in [-0.3, -0.25) is 10.1 Å². The molecule has 0 spiro atoms. The largest absolute Gasteiger partial charge is 0.493 e. The molecule has 6 nitrogen and oxygen atoms in total. The van der Waals surface area contributed by atoms with Gasteiger partial charge in [0.15, 0.2) is 11.5 Å². The number of methoxy groups -OCH3 is 2. The standard InChI is InChI=1S/C18H22N2O4/c1-13(9-14-7-8-17(23-2)18(11-14)24-3)19-12-15-5-4-6-16(10-15)20(21)22/h4-8,10-11,13,19H,9,12H2,1-3H3. The molecular formula is C18H22N2O4. The van der Waals surface area contributed by atoms with Gasteiger partial charge in [0, 0.05) is 24.7 Å². The second-order valence-electron chi connectivity index (χ2n) is 5.60. The number of nitrogens with zero attached hydrogens (tertiary/aromatic N) is 1. The summed E-state index contributed by atoms with van der Waals surface area (Å²) < 4.78 is 10.6. The Labute approximate surface area is 141 Å². The summed E-state index contributed by atoms with van der Waals surface area (Å²) in [6.45, 7) is 2.66. The fourth-order valence-corrected chi connectivity index (χ4v) is 2.51. The number of rotatable bonds is 8. The quantitative estimate of drug-likeness (QED) is 0.593. The van der Waals surface area contributed by atoms with Gasteiger partial charge in [0.25, 0.3) is 5.69 Å². The van der Waals surface area contributed by atoms with Crippen molar-refractivity contribution in [3.05, 3.63) is 63.7 Å². The van der Waals surface area contributed by atoms with Gasteiger partial charge in [-0.05, 0) is 36.6 Å². The van der Waals surface area contributed by atoms with Gasteiger partial charge in [0.2, 0.25) is 0 Å². The van der Waals surface area contributed by atoms with E-state index in [1.54, 1.807) is 26.4 Å². The molecule has 2 aromatic carbocycles. The van der Waals surface area contributed by atoms with Crippen molar-refractivity contribution in [2.75, 3.05) is 14.2 Å². The summed E-state index contributed by atoms with van der Waals surface area (Å²) in [4.78, 5) is 10.4. The van der Waals surface area contributed by atoms with Crippen molar-refractivity contribution in [2.45, 2.75) is 25.9 Å². The van der Waals surface area contributed by atoms with Crippen LogP contribution in [0.15, 0.2) is 42.5 Å². The Bertz CT molecular complexity index is 703. The predicted molar refractivity (Wildman–Crippen MR) is 92.6 cm³/mol. The number of hydrogen-bond acceptors (Lipinski definition) is 5. The number of hydrogen-bond donors (Lipinski definition) is 1. The highest BCUT2D eigenvalue weighted by Gasteiger charge is 2.09. The van der Waals surface area contributed by atoms with Gasteiger partial charge in [-0.15, -0.1) is 0 Å². The number of ether oxygens (including phenoxy) is 2. The zero-order chi connectivity index (χ0) is 17.5. The Balaban J connectivity index is 1.95. The molecule has 0 radical (unpaired) electrons. The van der Waals surface area contributed by atoms with E-state index in [4.69, 9.17) is 9.47 Å². The smallest absolute Gasteiger partial charge is 0.269 e. The summed E-state index contributed by atoms with van der Waals surface area (Å²) in [5, 5.41) is 14.2. The minimum absolute atomic E-state index is 0.113. The van der Waals surface area contributed by atoms with Gasteiger partial charge in [0.05, 0.1) is 19.1 Å². The molecule has 1 atom stereocenters. The molecule has 2 aromatic rings.